The van der Waals surface area contributed by atoms with Crippen molar-refractivity contribution < 1.29 is 9.90 Å². The summed E-state index contributed by atoms with van der Waals surface area (Å²) in [6.45, 7) is 4.17. The first kappa shape index (κ1) is 25.1. The van der Waals surface area contributed by atoms with E-state index in [1.165, 1.54) is 70.6 Å². The maximum atomic E-state index is 11.1. The maximum Gasteiger partial charge on any atom is 0.346 e. The molecule has 0 saturated heterocycles. The molecule has 0 heterocycles. The van der Waals surface area contributed by atoms with Crippen molar-refractivity contribution in [3.63, 3.8) is 0 Å². The number of hydrogen-bond acceptors (Lipinski definition) is 3. The van der Waals surface area contributed by atoms with E-state index >= 15 is 0 Å². The summed E-state index contributed by atoms with van der Waals surface area (Å²) in [6, 6.07) is 1.82. The van der Waals surface area contributed by atoms with Crippen LogP contribution in [0.3, 0.4) is 0 Å². The second-order valence-corrected chi connectivity index (χ2v) is 8.00. The summed E-state index contributed by atoms with van der Waals surface area (Å²) in [7, 11) is 0. The fraction of sp³-hybridized carbons (Fsp3) is 0.818. The van der Waals surface area contributed by atoms with E-state index in [1.807, 2.05) is 13.0 Å². The Labute approximate surface area is 166 Å². The summed E-state index contributed by atoms with van der Waals surface area (Å²) in [6.07, 6.45) is 18.0. The Balaban J connectivity index is 3.70. The van der Waals surface area contributed by atoms with Gasteiger partial charge in [-0.15, -0.1) is 0 Å². The summed E-state index contributed by atoms with van der Waals surface area (Å²) >= 11 is 4.64. The topological polar surface area (TPSA) is 61.1 Å². The highest BCUT2D eigenvalue weighted by Gasteiger charge is 2.14. The molecule has 0 aromatic carbocycles. The highest BCUT2D eigenvalue weighted by molar-refractivity contribution is 7.80. The molecule has 0 radical (unpaired) electrons. The third-order valence-electron chi connectivity index (χ3n) is 5.03. The van der Waals surface area contributed by atoms with Gasteiger partial charge in [0.2, 0.25) is 0 Å². The highest BCUT2D eigenvalue weighted by atomic mass is 32.1. The van der Waals surface area contributed by atoms with Crippen LogP contribution in [0.1, 0.15) is 110 Å². The van der Waals surface area contributed by atoms with Gasteiger partial charge < -0.3 is 5.11 Å². The summed E-state index contributed by atoms with van der Waals surface area (Å²) in [5.41, 5.74) is 0.667. The van der Waals surface area contributed by atoms with E-state index in [1.54, 1.807) is 0 Å². The van der Waals surface area contributed by atoms with Crippen LogP contribution in [-0.4, -0.2) is 16.3 Å². The van der Waals surface area contributed by atoms with Gasteiger partial charge in [-0.1, -0.05) is 84.5 Å². The Morgan fingerprint density at radius 1 is 0.923 bits per heavy atom. The smallest absolute Gasteiger partial charge is 0.346 e. The average Bonchev–Trinajstić information content (AvgIpc) is 2.62. The molecule has 1 unspecified atom stereocenters. The quantitative estimate of drug-likeness (QED) is 0.122. The molecule has 0 aromatic rings. The summed E-state index contributed by atoms with van der Waals surface area (Å²) in [4.78, 5) is 11.1. The summed E-state index contributed by atoms with van der Waals surface area (Å²) in [5.74, 6) is -1.11. The lowest BCUT2D eigenvalue weighted by Gasteiger charge is -2.12. The molecule has 26 heavy (non-hydrogen) atoms. The molecule has 1 N–H and O–H groups in total. The third-order valence-corrected chi connectivity index (χ3v) is 5.54. The van der Waals surface area contributed by atoms with E-state index in [2.05, 4.69) is 19.6 Å². The second-order valence-electron chi connectivity index (χ2n) is 7.27. The first-order chi connectivity index (χ1) is 12.6. The summed E-state index contributed by atoms with van der Waals surface area (Å²) in [5, 5.41) is 18.3. The Morgan fingerprint density at radius 2 is 1.42 bits per heavy atom. The largest absolute Gasteiger partial charge is 0.477 e. The Bertz CT molecular complexity index is 440. The lowest BCUT2D eigenvalue weighted by atomic mass is 9.98. The number of carboxylic acid groups (broad SMARTS) is 1. The van der Waals surface area contributed by atoms with Crippen LogP contribution in [0.2, 0.25) is 0 Å². The number of rotatable bonds is 17. The van der Waals surface area contributed by atoms with Gasteiger partial charge in [0.05, 0.1) is 0 Å². The molecule has 0 aliphatic heterocycles. The van der Waals surface area contributed by atoms with Gasteiger partial charge >= 0.3 is 5.97 Å². The minimum absolute atomic E-state index is 0.0808. The van der Waals surface area contributed by atoms with Gasteiger partial charge in [0.1, 0.15) is 11.6 Å². The molecular weight excluding hydrogens is 342 g/mol. The van der Waals surface area contributed by atoms with Gasteiger partial charge in [-0.3, -0.25) is 0 Å². The molecule has 0 aliphatic rings. The molecule has 150 valence electrons. The van der Waals surface area contributed by atoms with Crippen molar-refractivity contribution in [3.05, 3.63) is 11.1 Å². The Morgan fingerprint density at radius 3 is 1.85 bits per heavy atom. The van der Waals surface area contributed by atoms with Gasteiger partial charge in [-0.2, -0.15) is 17.9 Å². The van der Waals surface area contributed by atoms with Crippen molar-refractivity contribution >= 4 is 18.6 Å². The van der Waals surface area contributed by atoms with Crippen LogP contribution in [-0.2, 0) is 4.79 Å². The molecule has 3 nitrogen and oxygen atoms in total. The zero-order chi connectivity index (χ0) is 19.6. The van der Waals surface area contributed by atoms with Crippen LogP contribution < -0.4 is 0 Å². The lowest BCUT2D eigenvalue weighted by Crippen LogP contribution is -2.05. The van der Waals surface area contributed by atoms with Crippen LogP contribution in [0.15, 0.2) is 11.1 Å². The van der Waals surface area contributed by atoms with E-state index in [9.17, 15) is 4.79 Å². The van der Waals surface area contributed by atoms with Crippen LogP contribution in [0.25, 0.3) is 0 Å². The van der Waals surface area contributed by atoms with Crippen LogP contribution in [0.4, 0.5) is 0 Å². The molecule has 0 fully saturated rings. The van der Waals surface area contributed by atoms with Crippen LogP contribution >= 0.6 is 12.6 Å². The minimum atomic E-state index is -1.11. The van der Waals surface area contributed by atoms with Gasteiger partial charge in [-0.05, 0) is 31.3 Å². The summed E-state index contributed by atoms with van der Waals surface area (Å²) < 4.78 is 0. The van der Waals surface area contributed by atoms with Gasteiger partial charge in [0.25, 0.3) is 0 Å². The predicted molar refractivity (Wildman–Crippen MR) is 114 cm³/mol. The molecule has 0 saturated carbocycles. The maximum absolute atomic E-state index is 11.1. The van der Waals surface area contributed by atoms with Crippen molar-refractivity contribution in [2.45, 2.75) is 115 Å². The number of nitriles is 1. The molecule has 4 heteroatoms. The van der Waals surface area contributed by atoms with Crippen molar-refractivity contribution in [2.75, 3.05) is 0 Å². The fourth-order valence-electron chi connectivity index (χ4n) is 3.29. The second kappa shape index (κ2) is 17.5. The van der Waals surface area contributed by atoms with Gasteiger partial charge in [0.15, 0.2) is 0 Å². The number of unbranched alkanes of at least 4 members (excludes halogenated alkanes) is 10. The number of aliphatic carboxylic acids is 1. The molecule has 1 atom stereocenters. The number of thiol groups is 1. The normalized spacial score (nSPS) is 13.2. The van der Waals surface area contributed by atoms with Crippen molar-refractivity contribution in [2.24, 2.45) is 0 Å². The first-order valence-corrected chi connectivity index (χ1v) is 11.1. The predicted octanol–water partition coefficient (Wildman–Crippen LogP) is 7.08. The van der Waals surface area contributed by atoms with E-state index < -0.39 is 5.97 Å². The van der Waals surface area contributed by atoms with Crippen LogP contribution in [0, 0.1) is 11.3 Å². The zero-order valence-electron chi connectivity index (χ0n) is 16.9. The van der Waals surface area contributed by atoms with E-state index in [4.69, 9.17) is 10.4 Å². The molecule has 0 amide bonds. The monoisotopic (exact) mass is 381 g/mol. The van der Waals surface area contributed by atoms with Crippen molar-refractivity contribution in [3.8, 4) is 6.07 Å². The standard InChI is InChI=1S/C22H39NO2S/c1-3-5-6-7-8-9-10-11-12-13-14-15-20(26)17-16-19(4-2)21(18-23)22(24)25/h20,26H,3-17H2,1-2H3,(H,24,25)/b21-19-. The minimum Gasteiger partial charge on any atom is -0.477 e. The highest BCUT2D eigenvalue weighted by Crippen LogP contribution is 2.21. The average molecular weight is 382 g/mol. The third kappa shape index (κ3) is 13.3. The number of carboxylic acids is 1. The molecule has 0 bridgehead atoms. The van der Waals surface area contributed by atoms with Gasteiger partial charge in [-0.25, -0.2) is 4.79 Å². The Hall–Kier alpha value is -0.950. The van der Waals surface area contributed by atoms with E-state index in [0.29, 0.717) is 18.1 Å². The number of nitrogens with zero attached hydrogens (tertiary/aromatic N) is 1. The molecule has 0 aromatic heterocycles. The van der Waals surface area contributed by atoms with Crippen LogP contribution in [0.5, 0.6) is 0 Å². The van der Waals surface area contributed by atoms with E-state index in [-0.39, 0.29) is 5.57 Å². The number of allylic oxidation sites excluding steroid dienone is 1. The fourth-order valence-corrected chi connectivity index (χ4v) is 3.60. The first-order valence-electron chi connectivity index (χ1n) is 10.6. The van der Waals surface area contributed by atoms with E-state index in [0.717, 1.165) is 18.4 Å². The lowest BCUT2D eigenvalue weighted by molar-refractivity contribution is -0.132. The molecule has 0 rings (SSSR count). The SMILES string of the molecule is CCCCCCCCCCCCCC(S)CC/C(CC)=C(/C#N)C(=O)O. The number of carbonyl (C=O) groups is 1. The Kier molecular flexibility index (Phi) is 16.8. The van der Waals surface area contributed by atoms with Crippen molar-refractivity contribution in [1.82, 2.24) is 0 Å². The molecule has 0 aliphatic carbocycles. The molecular formula is C22H39NO2S. The number of hydrogen-bond donors (Lipinski definition) is 2. The zero-order valence-corrected chi connectivity index (χ0v) is 17.8. The van der Waals surface area contributed by atoms with Gasteiger partial charge in [0, 0.05) is 5.25 Å². The molecule has 0 spiro atoms. The van der Waals surface area contributed by atoms with Crippen molar-refractivity contribution in [1.29, 1.82) is 5.26 Å².